The molecule has 0 N–H and O–H groups in total. The number of hydrogen-bond donors (Lipinski definition) is 0. The number of hydrogen-bond acceptors (Lipinski definition) is 1. The highest BCUT2D eigenvalue weighted by Gasteiger charge is 1.90. The summed E-state index contributed by atoms with van der Waals surface area (Å²) < 4.78 is 0. The van der Waals surface area contributed by atoms with Gasteiger partial charge < -0.3 is 0 Å². The molecule has 0 aliphatic rings. The van der Waals surface area contributed by atoms with E-state index >= 15 is 0 Å². The Bertz CT molecular complexity index is 239. The van der Waals surface area contributed by atoms with Crippen molar-refractivity contribution in [1.82, 2.24) is 0 Å². The Kier molecular flexibility index (Phi) is 5.42. The van der Waals surface area contributed by atoms with Crippen molar-refractivity contribution in [2.45, 2.75) is 24.7 Å². The highest BCUT2D eigenvalue weighted by atomic mass is 32.2. The minimum Gasteiger partial charge on any atom is -0.126 e. The van der Waals surface area contributed by atoms with Gasteiger partial charge in [0.2, 0.25) is 0 Å². The first-order valence-corrected chi connectivity index (χ1v) is 5.71. The second-order valence-corrected chi connectivity index (χ2v) is 4.04. The van der Waals surface area contributed by atoms with E-state index in [0.29, 0.717) is 0 Å². The van der Waals surface area contributed by atoms with Crippen LogP contribution >= 0.6 is 11.8 Å². The van der Waals surface area contributed by atoms with Crippen molar-refractivity contribution in [2.24, 2.45) is 0 Å². The SMILES string of the molecule is C/C=C/CCCSc1ccccc1. The van der Waals surface area contributed by atoms with Crippen LogP contribution in [0, 0.1) is 0 Å². The summed E-state index contributed by atoms with van der Waals surface area (Å²) in [6.07, 6.45) is 6.82. The Balaban J connectivity index is 2.13. The van der Waals surface area contributed by atoms with Crippen LogP contribution in [0.5, 0.6) is 0 Å². The van der Waals surface area contributed by atoms with Gasteiger partial charge in [-0.25, -0.2) is 0 Å². The Morgan fingerprint density at radius 1 is 1.23 bits per heavy atom. The molecule has 0 amide bonds. The molecule has 0 nitrogen and oxygen atoms in total. The van der Waals surface area contributed by atoms with Crippen molar-refractivity contribution >= 4 is 11.8 Å². The van der Waals surface area contributed by atoms with E-state index < -0.39 is 0 Å². The minimum atomic E-state index is 1.20. The largest absolute Gasteiger partial charge is 0.126 e. The van der Waals surface area contributed by atoms with Gasteiger partial charge >= 0.3 is 0 Å². The average molecular weight is 192 g/mol. The quantitative estimate of drug-likeness (QED) is 0.384. The summed E-state index contributed by atoms with van der Waals surface area (Å²) in [5.41, 5.74) is 0. The maximum Gasteiger partial charge on any atom is 0.00719 e. The van der Waals surface area contributed by atoms with Gasteiger partial charge in [-0.15, -0.1) is 11.8 Å². The van der Waals surface area contributed by atoms with Crippen molar-refractivity contribution in [3.63, 3.8) is 0 Å². The fraction of sp³-hybridized carbons (Fsp3) is 0.333. The summed E-state index contributed by atoms with van der Waals surface area (Å²) >= 11 is 1.94. The normalized spacial score (nSPS) is 10.8. The Hall–Kier alpha value is -0.690. The van der Waals surface area contributed by atoms with Gasteiger partial charge in [-0.3, -0.25) is 0 Å². The summed E-state index contributed by atoms with van der Waals surface area (Å²) in [6.45, 7) is 2.07. The molecule has 0 spiro atoms. The number of rotatable bonds is 5. The lowest BCUT2D eigenvalue weighted by Gasteiger charge is -1.98. The summed E-state index contributed by atoms with van der Waals surface area (Å²) in [6, 6.07) is 10.6. The standard InChI is InChI=1S/C12H16S/c1-2-3-4-8-11-13-12-9-6-5-7-10-12/h2-3,5-7,9-10H,4,8,11H2,1H3/b3-2+. The Labute approximate surface area is 85.1 Å². The minimum absolute atomic E-state index is 1.20. The van der Waals surface area contributed by atoms with Gasteiger partial charge in [0.15, 0.2) is 0 Å². The summed E-state index contributed by atoms with van der Waals surface area (Å²) in [5.74, 6) is 1.22. The highest BCUT2D eigenvalue weighted by Crippen LogP contribution is 2.18. The number of benzene rings is 1. The van der Waals surface area contributed by atoms with E-state index in [-0.39, 0.29) is 0 Å². The van der Waals surface area contributed by atoms with Crippen LogP contribution in [-0.4, -0.2) is 5.75 Å². The third-order valence-corrected chi connectivity index (χ3v) is 2.86. The fourth-order valence-electron chi connectivity index (χ4n) is 1.07. The first-order chi connectivity index (χ1) is 6.43. The third-order valence-electron chi connectivity index (χ3n) is 1.76. The molecule has 0 aromatic heterocycles. The van der Waals surface area contributed by atoms with E-state index in [2.05, 4.69) is 49.4 Å². The lowest BCUT2D eigenvalue weighted by Crippen LogP contribution is -1.77. The van der Waals surface area contributed by atoms with Gasteiger partial charge in [-0.2, -0.15) is 0 Å². The van der Waals surface area contributed by atoms with Gasteiger partial charge in [0.25, 0.3) is 0 Å². The van der Waals surface area contributed by atoms with Gasteiger partial charge in [0.1, 0.15) is 0 Å². The van der Waals surface area contributed by atoms with Gasteiger partial charge in [-0.1, -0.05) is 30.4 Å². The molecule has 0 aliphatic carbocycles. The zero-order valence-corrected chi connectivity index (χ0v) is 8.89. The second-order valence-electron chi connectivity index (χ2n) is 2.87. The molecule has 0 atom stereocenters. The van der Waals surface area contributed by atoms with Crippen molar-refractivity contribution in [3.05, 3.63) is 42.5 Å². The van der Waals surface area contributed by atoms with Crippen LogP contribution in [-0.2, 0) is 0 Å². The molecule has 70 valence electrons. The molecule has 0 saturated heterocycles. The van der Waals surface area contributed by atoms with Crippen molar-refractivity contribution in [1.29, 1.82) is 0 Å². The lowest BCUT2D eigenvalue weighted by atomic mass is 10.3. The van der Waals surface area contributed by atoms with E-state index in [1.165, 1.54) is 23.5 Å². The molecule has 1 heteroatoms. The van der Waals surface area contributed by atoms with Crippen molar-refractivity contribution < 1.29 is 0 Å². The van der Waals surface area contributed by atoms with E-state index in [0.717, 1.165) is 0 Å². The van der Waals surface area contributed by atoms with Crippen LogP contribution in [0.1, 0.15) is 19.8 Å². The van der Waals surface area contributed by atoms with E-state index in [1.54, 1.807) is 0 Å². The monoisotopic (exact) mass is 192 g/mol. The van der Waals surface area contributed by atoms with Gasteiger partial charge in [-0.05, 0) is 37.7 Å². The van der Waals surface area contributed by atoms with E-state index in [9.17, 15) is 0 Å². The molecule has 1 aromatic carbocycles. The molecule has 0 radical (unpaired) electrons. The maximum atomic E-state index is 2.23. The van der Waals surface area contributed by atoms with Crippen LogP contribution in [0.3, 0.4) is 0 Å². The van der Waals surface area contributed by atoms with E-state index in [4.69, 9.17) is 0 Å². The predicted octanol–water partition coefficient (Wildman–Crippen LogP) is 4.14. The highest BCUT2D eigenvalue weighted by molar-refractivity contribution is 7.99. The first kappa shape index (κ1) is 10.4. The molecule has 0 bridgehead atoms. The van der Waals surface area contributed by atoms with Crippen LogP contribution in [0.25, 0.3) is 0 Å². The Morgan fingerprint density at radius 2 is 2.00 bits per heavy atom. The molecule has 0 heterocycles. The smallest absolute Gasteiger partial charge is 0.00719 e. The topological polar surface area (TPSA) is 0 Å². The summed E-state index contributed by atoms with van der Waals surface area (Å²) in [5, 5.41) is 0. The number of thioether (sulfide) groups is 1. The van der Waals surface area contributed by atoms with Crippen LogP contribution < -0.4 is 0 Å². The van der Waals surface area contributed by atoms with E-state index in [1.807, 2.05) is 11.8 Å². The zero-order valence-electron chi connectivity index (χ0n) is 8.07. The molecule has 0 saturated carbocycles. The van der Waals surface area contributed by atoms with Gasteiger partial charge in [0.05, 0.1) is 0 Å². The molecule has 1 aromatic rings. The molecule has 0 unspecified atom stereocenters. The van der Waals surface area contributed by atoms with Crippen molar-refractivity contribution in [3.8, 4) is 0 Å². The molecular formula is C12H16S. The first-order valence-electron chi connectivity index (χ1n) is 4.72. The van der Waals surface area contributed by atoms with Crippen LogP contribution in [0.4, 0.5) is 0 Å². The molecule has 1 rings (SSSR count). The fourth-order valence-corrected chi connectivity index (χ4v) is 1.97. The number of allylic oxidation sites excluding steroid dienone is 2. The van der Waals surface area contributed by atoms with Crippen molar-refractivity contribution in [2.75, 3.05) is 5.75 Å². The average Bonchev–Trinajstić information content (AvgIpc) is 2.19. The maximum absolute atomic E-state index is 2.23. The predicted molar refractivity (Wildman–Crippen MR) is 61.2 cm³/mol. The lowest BCUT2D eigenvalue weighted by molar-refractivity contribution is 0.969. The molecule has 0 aliphatic heterocycles. The summed E-state index contributed by atoms with van der Waals surface area (Å²) in [7, 11) is 0. The third kappa shape index (κ3) is 4.79. The zero-order chi connectivity index (χ0) is 9.36. The second kappa shape index (κ2) is 6.79. The summed E-state index contributed by atoms with van der Waals surface area (Å²) in [4.78, 5) is 1.38. The molecule has 13 heavy (non-hydrogen) atoms. The van der Waals surface area contributed by atoms with Crippen LogP contribution in [0.15, 0.2) is 47.4 Å². The number of unbranched alkanes of at least 4 members (excludes halogenated alkanes) is 1. The Morgan fingerprint density at radius 3 is 2.69 bits per heavy atom. The van der Waals surface area contributed by atoms with Gasteiger partial charge in [0, 0.05) is 4.90 Å². The molecular weight excluding hydrogens is 176 g/mol. The molecule has 0 fully saturated rings. The van der Waals surface area contributed by atoms with Crippen LogP contribution in [0.2, 0.25) is 0 Å².